The number of carboxylic acids is 1. The van der Waals surface area contributed by atoms with Crippen LogP contribution in [0.15, 0.2) is 15.8 Å². The van der Waals surface area contributed by atoms with Crippen LogP contribution in [0.2, 0.25) is 0 Å². The molecule has 0 aromatic carbocycles. The predicted octanol–water partition coefficient (Wildman–Crippen LogP) is -0.920. The third-order valence-electron chi connectivity index (χ3n) is 1.50. The monoisotopic (exact) mass is 184 g/mol. The second kappa shape index (κ2) is 3.70. The quantitative estimate of drug-likeness (QED) is 0.565. The Balaban J connectivity index is 2.84. The number of hydrogen-bond donors (Lipinski definition) is 3. The van der Waals surface area contributed by atoms with Gasteiger partial charge in [0.25, 0.3) is 5.56 Å². The average Bonchev–Trinajstić information content (AvgIpc) is 2.02. The van der Waals surface area contributed by atoms with Crippen molar-refractivity contribution < 1.29 is 9.90 Å². The maximum absolute atomic E-state index is 11.0. The number of aromatic amines is 2. The minimum atomic E-state index is -0.981. The summed E-state index contributed by atoms with van der Waals surface area (Å²) in [5, 5.41) is 8.34. The number of carbonyl (C=O) groups is 1. The summed E-state index contributed by atoms with van der Waals surface area (Å²) in [6, 6.07) is 0. The number of carboxylic acid groups (broad SMARTS) is 1. The second-order valence-electron chi connectivity index (χ2n) is 2.49. The molecule has 0 unspecified atom stereocenters. The zero-order chi connectivity index (χ0) is 9.84. The Hall–Kier alpha value is -1.85. The smallest absolute Gasteiger partial charge is 0.325 e. The topological polar surface area (TPSA) is 103 Å². The van der Waals surface area contributed by atoms with Crippen molar-refractivity contribution in [3.05, 3.63) is 32.6 Å². The summed E-state index contributed by atoms with van der Waals surface area (Å²) in [6.07, 6.45) is 1.21. The van der Waals surface area contributed by atoms with Crippen LogP contribution in [0.25, 0.3) is 0 Å². The van der Waals surface area contributed by atoms with Crippen LogP contribution in [-0.2, 0) is 11.2 Å². The van der Waals surface area contributed by atoms with Gasteiger partial charge in [0, 0.05) is 18.2 Å². The molecule has 1 heterocycles. The molecule has 6 nitrogen and oxygen atoms in total. The molecule has 3 N–H and O–H groups in total. The molecule has 0 radical (unpaired) electrons. The van der Waals surface area contributed by atoms with E-state index in [2.05, 4.69) is 4.98 Å². The van der Waals surface area contributed by atoms with Gasteiger partial charge in [-0.05, 0) is 6.42 Å². The van der Waals surface area contributed by atoms with E-state index in [1.165, 1.54) is 6.20 Å². The first-order valence-corrected chi connectivity index (χ1v) is 3.62. The van der Waals surface area contributed by atoms with Crippen LogP contribution in [0.5, 0.6) is 0 Å². The molecule has 1 rings (SSSR count). The molecule has 1 aromatic heterocycles. The van der Waals surface area contributed by atoms with Crippen molar-refractivity contribution in [2.75, 3.05) is 0 Å². The van der Waals surface area contributed by atoms with Gasteiger partial charge in [0.1, 0.15) is 0 Å². The van der Waals surface area contributed by atoms with Crippen LogP contribution >= 0.6 is 0 Å². The van der Waals surface area contributed by atoms with Gasteiger partial charge in [-0.1, -0.05) is 0 Å². The highest BCUT2D eigenvalue weighted by molar-refractivity contribution is 5.66. The van der Waals surface area contributed by atoms with Crippen LogP contribution in [0.3, 0.4) is 0 Å². The van der Waals surface area contributed by atoms with Crippen molar-refractivity contribution in [2.24, 2.45) is 0 Å². The Kier molecular flexibility index (Phi) is 2.63. The van der Waals surface area contributed by atoms with Crippen LogP contribution in [-0.4, -0.2) is 21.0 Å². The minimum absolute atomic E-state index is 0.113. The van der Waals surface area contributed by atoms with Crippen LogP contribution in [0.1, 0.15) is 12.0 Å². The first-order chi connectivity index (χ1) is 6.09. The number of rotatable bonds is 3. The molecule has 0 atom stereocenters. The van der Waals surface area contributed by atoms with Gasteiger partial charge >= 0.3 is 11.7 Å². The fourth-order valence-electron chi connectivity index (χ4n) is 0.865. The maximum Gasteiger partial charge on any atom is 0.325 e. The summed E-state index contributed by atoms with van der Waals surface area (Å²) in [7, 11) is 0. The normalized spacial score (nSPS) is 9.85. The molecule has 0 fully saturated rings. The van der Waals surface area contributed by atoms with E-state index in [1.807, 2.05) is 4.98 Å². The van der Waals surface area contributed by atoms with Gasteiger partial charge in [0.2, 0.25) is 0 Å². The van der Waals surface area contributed by atoms with E-state index in [1.54, 1.807) is 0 Å². The third-order valence-corrected chi connectivity index (χ3v) is 1.50. The van der Waals surface area contributed by atoms with Crippen molar-refractivity contribution >= 4 is 5.97 Å². The van der Waals surface area contributed by atoms with Crippen molar-refractivity contribution in [3.63, 3.8) is 0 Å². The van der Waals surface area contributed by atoms with Crippen molar-refractivity contribution in [1.29, 1.82) is 0 Å². The van der Waals surface area contributed by atoms with E-state index in [-0.39, 0.29) is 18.4 Å². The van der Waals surface area contributed by atoms with Gasteiger partial charge < -0.3 is 10.1 Å². The predicted molar refractivity (Wildman–Crippen MR) is 43.6 cm³/mol. The lowest BCUT2D eigenvalue weighted by Gasteiger charge is -1.94. The molecule has 0 spiro atoms. The number of nitrogens with one attached hydrogen (secondary N) is 2. The fraction of sp³-hybridized carbons (Fsp3) is 0.286. The molecule has 70 valence electrons. The lowest BCUT2D eigenvalue weighted by Crippen LogP contribution is -2.24. The van der Waals surface area contributed by atoms with Gasteiger partial charge in [-0.15, -0.1) is 0 Å². The zero-order valence-corrected chi connectivity index (χ0v) is 6.66. The summed E-state index contributed by atoms with van der Waals surface area (Å²) < 4.78 is 0. The molecular weight excluding hydrogens is 176 g/mol. The number of H-pyrrole nitrogens is 2. The highest BCUT2D eigenvalue weighted by Crippen LogP contribution is 1.91. The molecule has 0 aliphatic carbocycles. The van der Waals surface area contributed by atoms with Crippen LogP contribution in [0.4, 0.5) is 0 Å². The number of aryl methyl sites for hydroxylation is 1. The summed E-state index contributed by atoms with van der Waals surface area (Å²) in [5.41, 5.74) is -0.865. The van der Waals surface area contributed by atoms with Crippen molar-refractivity contribution in [2.45, 2.75) is 12.8 Å². The second-order valence-corrected chi connectivity index (χ2v) is 2.49. The van der Waals surface area contributed by atoms with Gasteiger partial charge in [-0.3, -0.25) is 14.6 Å². The molecule has 0 aliphatic rings. The highest BCUT2D eigenvalue weighted by Gasteiger charge is 2.02. The summed E-state index contributed by atoms with van der Waals surface area (Å²) in [5.74, 6) is -0.981. The Morgan fingerprint density at radius 1 is 1.46 bits per heavy atom. The van der Waals surface area contributed by atoms with Gasteiger partial charge in [0.05, 0.1) is 0 Å². The molecule has 13 heavy (non-hydrogen) atoms. The largest absolute Gasteiger partial charge is 0.481 e. The van der Waals surface area contributed by atoms with E-state index in [9.17, 15) is 14.4 Å². The van der Waals surface area contributed by atoms with E-state index in [0.29, 0.717) is 0 Å². The van der Waals surface area contributed by atoms with E-state index >= 15 is 0 Å². The summed E-state index contributed by atoms with van der Waals surface area (Å²) in [6.45, 7) is 0. The lowest BCUT2D eigenvalue weighted by atomic mass is 10.2. The van der Waals surface area contributed by atoms with Gasteiger partial charge in [-0.2, -0.15) is 0 Å². The first-order valence-electron chi connectivity index (χ1n) is 3.62. The van der Waals surface area contributed by atoms with Gasteiger partial charge in [0.15, 0.2) is 0 Å². The fourth-order valence-corrected chi connectivity index (χ4v) is 0.865. The minimum Gasteiger partial charge on any atom is -0.481 e. The molecule has 0 aliphatic heterocycles. The Morgan fingerprint density at radius 3 is 2.69 bits per heavy atom. The van der Waals surface area contributed by atoms with Crippen LogP contribution < -0.4 is 11.2 Å². The summed E-state index contributed by atoms with van der Waals surface area (Å²) >= 11 is 0. The molecule has 0 saturated heterocycles. The van der Waals surface area contributed by atoms with Crippen LogP contribution in [0, 0.1) is 0 Å². The Labute approximate surface area is 72.2 Å². The number of aromatic nitrogens is 2. The zero-order valence-electron chi connectivity index (χ0n) is 6.66. The van der Waals surface area contributed by atoms with E-state index in [4.69, 9.17) is 5.11 Å². The van der Waals surface area contributed by atoms with E-state index in [0.717, 1.165) is 0 Å². The third kappa shape index (κ3) is 2.58. The first kappa shape index (κ1) is 9.24. The Bertz CT molecular complexity index is 417. The summed E-state index contributed by atoms with van der Waals surface area (Å²) in [4.78, 5) is 36.0. The molecule has 0 bridgehead atoms. The van der Waals surface area contributed by atoms with Crippen molar-refractivity contribution in [1.82, 2.24) is 9.97 Å². The Morgan fingerprint density at radius 2 is 2.15 bits per heavy atom. The molecular formula is C7H8N2O4. The number of aliphatic carboxylic acids is 1. The average molecular weight is 184 g/mol. The maximum atomic E-state index is 11.0. The standard InChI is InChI=1S/C7H8N2O4/c10-5(11)2-1-4-3-8-7(13)9-6(4)12/h3H,1-2H2,(H,10,11)(H2,8,9,12,13). The number of hydrogen-bond acceptors (Lipinski definition) is 3. The SMILES string of the molecule is O=C(O)CCc1c[nH]c(=O)[nH]c1=O. The molecule has 1 aromatic rings. The molecule has 0 saturated carbocycles. The van der Waals surface area contributed by atoms with Gasteiger partial charge in [-0.25, -0.2) is 4.79 Å². The molecule has 6 heteroatoms. The van der Waals surface area contributed by atoms with Crippen molar-refractivity contribution in [3.8, 4) is 0 Å². The lowest BCUT2D eigenvalue weighted by molar-refractivity contribution is -0.136. The highest BCUT2D eigenvalue weighted by atomic mass is 16.4. The van der Waals surface area contributed by atoms with E-state index < -0.39 is 17.2 Å². The molecule has 0 amide bonds.